The number of hydrogen-bond donors (Lipinski definition) is 1. The highest BCUT2D eigenvalue weighted by Crippen LogP contribution is 2.20. The lowest BCUT2D eigenvalue weighted by Crippen LogP contribution is -1.92. The normalized spacial score (nSPS) is 10.8. The number of aryl methyl sites for hydroxylation is 2. The Kier molecular flexibility index (Phi) is 4.67. The van der Waals surface area contributed by atoms with Gasteiger partial charge < -0.3 is 0 Å². The van der Waals surface area contributed by atoms with E-state index in [0.717, 1.165) is 24.2 Å². The molecule has 0 fully saturated rings. The van der Waals surface area contributed by atoms with Gasteiger partial charge in [0.05, 0.1) is 11.4 Å². The molecule has 0 amide bonds. The Bertz CT molecular complexity index is 561. The van der Waals surface area contributed by atoms with Crippen LogP contribution in [0.15, 0.2) is 58.9 Å². The van der Waals surface area contributed by atoms with Crippen molar-refractivity contribution in [3.8, 4) is 0 Å². The quantitative estimate of drug-likeness (QED) is 0.595. The molecule has 0 spiro atoms. The van der Waals surface area contributed by atoms with Crippen LogP contribution in [0, 0.1) is 0 Å². The number of nitrogens with zero attached hydrogens (tertiary/aromatic N) is 2. The summed E-state index contributed by atoms with van der Waals surface area (Å²) in [5, 5.41) is 8.37. The zero-order valence-electron chi connectivity index (χ0n) is 11.4. The molecule has 0 aliphatic rings. The third-order valence-electron chi connectivity index (χ3n) is 3.10. The smallest absolute Gasteiger partial charge is 0.0906 e. The van der Waals surface area contributed by atoms with Gasteiger partial charge in [0.1, 0.15) is 0 Å². The SMILES string of the molecule is CCc1ccccc1N=NNc1ccccc1CC. The lowest BCUT2D eigenvalue weighted by molar-refractivity contribution is 1.06. The summed E-state index contributed by atoms with van der Waals surface area (Å²) in [7, 11) is 0. The van der Waals surface area contributed by atoms with Gasteiger partial charge in [-0.05, 0) is 36.1 Å². The lowest BCUT2D eigenvalue weighted by atomic mass is 10.1. The second-order valence-corrected chi connectivity index (χ2v) is 4.30. The summed E-state index contributed by atoms with van der Waals surface area (Å²) in [6, 6.07) is 16.2. The monoisotopic (exact) mass is 253 g/mol. The van der Waals surface area contributed by atoms with Crippen molar-refractivity contribution in [1.82, 2.24) is 0 Å². The summed E-state index contributed by atoms with van der Waals surface area (Å²) in [5.41, 5.74) is 7.41. The Morgan fingerprint density at radius 1 is 0.842 bits per heavy atom. The number of hydrogen-bond acceptors (Lipinski definition) is 2. The van der Waals surface area contributed by atoms with Crippen LogP contribution in [0.4, 0.5) is 11.4 Å². The van der Waals surface area contributed by atoms with E-state index >= 15 is 0 Å². The van der Waals surface area contributed by atoms with Gasteiger partial charge >= 0.3 is 0 Å². The Balaban J connectivity index is 2.11. The van der Waals surface area contributed by atoms with Crippen LogP contribution < -0.4 is 5.43 Å². The van der Waals surface area contributed by atoms with E-state index in [1.165, 1.54) is 11.1 Å². The molecule has 0 saturated heterocycles. The molecule has 2 rings (SSSR count). The Morgan fingerprint density at radius 2 is 1.47 bits per heavy atom. The molecule has 0 atom stereocenters. The molecule has 0 saturated carbocycles. The van der Waals surface area contributed by atoms with Crippen molar-refractivity contribution in [2.45, 2.75) is 26.7 Å². The highest BCUT2D eigenvalue weighted by Gasteiger charge is 1.99. The molecular formula is C16H19N3. The van der Waals surface area contributed by atoms with E-state index in [1.54, 1.807) is 0 Å². The Hall–Kier alpha value is -2.16. The molecule has 3 heteroatoms. The second kappa shape index (κ2) is 6.69. The van der Waals surface area contributed by atoms with Gasteiger partial charge in [-0.25, -0.2) is 0 Å². The predicted octanol–water partition coefficient (Wildman–Crippen LogP) is 4.92. The largest absolute Gasteiger partial charge is 0.260 e. The summed E-state index contributed by atoms with van der Waals surface area (Å²) < 4.78 is 0. The number of para-hydroxylation sites is 1. The number of benzene rings is 2. The van der Waals surface area contributed by atoms with Gasteiger partial charge in [0.25, 0.3) is 0 Å². The molecule has 1 N–H and O–H groups in total. The van der Waals surface area contributed by atoms with Gasteiger partial charge in [-0.1, -0.05) is 55.5 Å². The molecule has 19 heavy (non-hydrogen) atoms. The molecule has 0 unspecified atom stereocenters. The van der Waals surface area contributed by atoms with Crippen molar-refractivity contribution in [3.63, 3.8) is 0 Å². The van der Waals surface area contributed by atoms with E-state index in [2.05, 4.69) is 41.7 Å². The first-order valence-corrected chi connectivity index (χ1v) is 6.67. The summed E-state index contributed by atoms with van der Waals surface area (Å²) in [5.74, 6) is 0. The first-order valence-electron chi connectivity index (χ1n) is 6.67. The van der Waals surface area contributed by atoms with Crippen LogP contribution in [0.2, 0.25) is 0 Å². The van der Waals surface area contributed by atoms with E-state index < -0.39 is 0 Å². The first-order chi connectivity index (χ1) is 9.35. The molecule has 0 heterocycles. The molecule has 0 radical (unpaired) electrons. The average molecular weight is 253 g/mol. The van der Waals surface area contributed by atoms with Crippen molar-refractivity contribution >= 4 is 11.4 Å². The van der Waals surface area contributed by atoms with Crippen LogP contribution in [0.5, 0.6) is 0 Å². The zero-order valence-corrected chi connectivity index (χ0v) is 11.4. The molecule has 0 aliphatic carbocycles. The van der Waals surface area contributed by atoms with Crippen molar-refractivity contribution in [2.24, 2.45) is 10.3 Å². The van der Waals surface area contributed by atoms with E-state index in [9.17, 15) is 0 Å². The van der Waals surface area contributed by atoms with Crippen LogP contribution in [0.1, 0.15) is 25.0 Å². The van der Waals surface area contributed by atoms with Crippen molar-refractivity contribution in [1.29, 1.82) is 0 Å². The van der Waals surface area contributed by atoms with E-state index in [-0.39, 0.29) is 0 Å². The molecule has 98 valence electrons. The topological polar surface area (TPSA) is 36.8 Å². The fourth-order valence-corrected chi connectivity index (χ4v) is 1.98. The molecule has 2 aromatic carbocycles. The lowest BCUT2D eigenvalue weighted by Gasteiger charge is -2.05. The van der Waals surface area contributed by atoms with E-state index in [4.69, 9.17) is 0 Å². The third-order valence-corrected chi connectivity index (χ3v) is 3.10. The number of nitrogens with one attached hydrogen (secondary N) is 1. The van der Waals surface area contributed by atoms with Gasteiger partial charge in [-0.3, -0.25) is 5.43 Å². The van der Waals surface area contributed by atoms with Gasteiger partial charge in [0, 0.05) is 0 Å². The average Bonchev–Trinajstić information content (AvgIpc) is 2.48. The van der Waals surface area contributed by atoms with E-state index in [0.29, 0.717) is 0 Å². The number of anilines is 1. The molecule has 2 aromatic rings. The van der Waals surface area contributed by atoms with Crippen LogP contribution in [-0.2, 0) is 12.8 Å². The van der Waals surface area contributed by atoms with Gasteiger partial charge in [0.2, 0.25) is 0 Å². The maximum absolute atomic E-state index is 4.26. The van der Waals surface area contributed by atoms with Crippen LogP contribution in [0.3, 0.4) is 0 Å². The molecule has 0 bridgehead atoms. The highest BCUT2D eigenvalue weighted by molar-refractivity contribution is 5.50. The van der Waals surface area contributed by atoms with Crippen molar-refractivity contribution in [2.75, 3.05) is 5.43 Å². The van der Waals surface area contributed by atoms with Crippen LogP contribution in [0.25, 0.3) is 0 Å². The van der Waals surface area contributed by atoms with Gasteiger partial charge in [-0.15, -0.1) is 5.11 Å². The molecule has 3 nitrogen and oxygen atoms in total. The van der Waals surface area contributed by atoms with Crippen molar-refractivity contribution < 1.29 is 0 Å². The highest BCUT2D eigenvalue weighted by atomic mass is 15.4. The Labute approximate surface area is 114 Å². The van der Waals surface area contributed by atoms with Gasteiger partial charge in [-0.2, -0.15) is 0 Å². The zero-order chi connectivity index (χ0) is 13.5. The summed E-state index contributed by atoms with van der Waals surface area (Å²) in [4.78, 5) is 0. The second-order valence-electron chi connectivity index (χ2n) is 4.30. The molecular weight excluding hydrogens is 234 g/mol. The van der Waals surface area contributed by atoms with Gasteiger partial charge in [0.15, 0.2) is 0 Å². The maximum Gasteiger partial charge on any atom is 0.0906 e. The minimum absolute atomic E-state index is 0.923. The summed E-state index contributed by atoms with van der Waals surface area (Å²) in [6.45, 7) is 4.25. The predicted molar refractivity (Wildman–Crippen MR) is 79.8 cm³/mol. The summed E-state index contributed by atoms with van der Waals surface area (Å²) in [6.07, 6.45) is 1.94. The minimum Gasteiger partial charge on any atom is -0.260 e. The third kappa shape index (κ3) is 3.41. The summed E-state index contributed by atoms with van der Waals surface area (Å²) >= 11 is 0. The molecule has 0 aromatic heterocycles. The van der Waals surface area contributed by atoms with Crippen LogP contribution in [-0.4, -0.2) is 0 Å². The maximum atomic E-state index is 4.26. The van der Waals surface area contributed by atoms with Crippen molar-refractivity contribution in [3.05, 3.63) is 59.7 Å². The Morgan fingerprint density at radius 3 is 2.21 bits per heavy atom. The van der Waals surface area contributed by atoms with E-state index in [1.807, 2.05) is 36.4 Å². The fourth-order valence-electron chi connectivity index (χ4n) is 1.98. The first kappa shape index (κ1) is 13.3. The standard InChI is InChI=1S/C16H19N3/c1-3-13-9-5-7-11-15(13)17-19-18-16-12-8-6-10-14(16)4-2/h5-12H,3-4H2,1-2H3,(H,17,18). The molecule has 0 aliphatic heterocycles. The fraction of sp³-hybridized carbons (Fsp3) is 0.250. The minimum atomic E-state index is 0.923. The number of rotatable bonds is 5. The van der Waals surface area contributed by atoms with Crippen LogP contribution >= 0.6 is 0 Å².